The minimum absolute atomic E-state index is 0.384. The van der Waals surface area contributed by atoms with Crippen molar-refractivity contribution in [3.8, 4) is 0 Å². The third-order valence-electron chi connectivity index (χ3n) is 4.85. The van der Waals surface area contributed by atoms with Crippen LogP contribution in [0.4, 0.5) is 0 Å². The van der Waals surface area contributed by atoms with Crippen molar-refractivity contribution in [2.45, 2.75) is 45.4 Å². The summed E-state index contributed by atoms with van der Waals surface area (Å²) in [6.45, 7) is 11.3. The van der Waals surface area contributed by atoms with Crippen LogP contribution in [-0.4, -0.2) is 59.7 Å². The summed E-state index contributed by atoms with van der Waals surface area (Å²) in [5, 5.41) is 0. The lowest BCUT2D eigenvalue weighted by molar-refractivity contribution is -0.0732. The van der Waals surface area contributed by atoms with E-state index in [1.807, 2.05) is 18.5 Å². The van der Waals surface area contributed by atoms with Crippen LogP contribution >= 0.6 is 0 Å². The number of likely N-dealkylation sites (tertiary alicyclic amines) is 1. The topological polar surface area (TPSA) is 28.6 Å². The predicted octanol–water partition coefficient (Wildman–Crippen LogP) is 2.40. The monoisotopic (exact) mass is 303 g/mol. The van der Waals surface area contributed by atoms with Crippen LogP contribution in [0.3, 0.4) is 0 Å². The van der Waals surface area contributed by atoms with E-state index in [-0.39, 0.29) is 0 Å². The molecule has 122 valence electrons. The Bertz CT molecular complexity index is 435. The summed E-state index contributed by atoms with van der Waals surface area (Å²) in [5.41, 5.74) is 1.33. The molecule has 4 heteroatoms. The van der Waals surface area contributed by atoms with Gasteiger partial charge in [-0.1, -0.05) is 6.07 Å². The molecule has 2 saturated heterocycles. The molecule has 0 amide bonds. The number of nitrogens with zero attached hydrogens (tertiary/aromatic N) is 3. The van der Waals surface area contributed by atoms with E-state index in [1.54, 1.807) is 0 Å². The molecule has 2 aliphatic rings. The first kappa shape index (κ1) is 15.9. The lowest BCUT2D eigenvalue weighted by atomic mass is 9.95. The normalized spacial score (nSPS) is 28.8. The fourth-order valence-corrected chi connectivity index (χ4v) is 3.88. The van der Waals surface area contributed by atoms with Gasteiger partial charge in [-0.2, -0.15) is 0 Å². The number of hydrogen-bond donors (Lipinski definition) is 0. The summed E-state index contributed by atoms with van der Waals surface area (Å²) in [4.78, 5) is 9.39. The smallest absolute Gasteiger partial charge is 0.0678 e. The van der Waals surface area contributed by atoms with Gasteiger partial charge in [0.2, 0.25) is 0 Å². The molecule has 3 rings (SSSR count). The quantitative estimate of drug-likeness (QED) is 0.854. The van der Waals surface area contributed by atoms with Crippen molar-refractivity contribution in [1.82, 2.24) is 14.8 Å². The maximum absolute atomic E-state index is 5.83. The number of hydrogen-bond acceptors (Lipinski definition) is 4. The highest BCUT2D eigenvalue weighted by Gasteiger charge is 2.26. The molecule has 0 spiro atoms. The van der Waals surface area contributed by atoms with Gasteiger partial charge in [0.1, 0.15) is 0 Å². The Morgan fingerprint density at radius 1 is 1.14 bits per heavy atom. The Labute approximate surface area is 134 Å². The second-order valence-corrected chi connectivity index (χ2v) is 7.06. The maximum Gasteiger partial charge on any atom is 0.0678 e. The molecule has 2 aliphatic heterocycles. The molecule has 22 heavy (non-hydrogen) atoms. The van der Waals surface area contributed by atoms with Crippen molar-refractivity contribution < 1.29 is 4.74 Å². The van der Waals surface area contributed by atoms with Crippen molar-refractivity contribution in [3.63, 3.8) is 0 Å². The van der Waals surface area contributed by atoms with E-state index < -0.39 is 0 Å². The van der Waals surface area contributed by atoms with Crippen LogP contribution in [0.15, 0.2) is 24.5 Å². The second kappa shape index (κ2) is 7.53. The molecule has 0 aromatic carbocycles. The molecule has 0 unspecified atom stereocenters. The van der Waals surface area contributed by atoms with Gasteiger partial charge in [-0.05, 0) is 57.3 Å². The number of morpholine rings is 1. The molecule has 0 bridgehead atoms. The third-order valence-corrected chi connectivity index (χ3v) is 4.85. The molecule has 4 nitrogen and oxygen atoms in total. The number of piperidine rings is 1. The largest absolute Gasteiger partial charge is 0.373 e. The lowest BCUT2D eigenvalue weighted by Crippen LogP contribution is -2.48. The molecule has 0 aliphatic carbocycles. The van der Waals surface area contributed by atoms with Crippen LogP contribution in [0.1, 0.15) is 32.3 Å². The Hall–Kier alpha value is -0.970. The second-order valence-electron chi connectivity index (χ2n) is 7.06. The highest BCUT2D eigenvalue weighted by molar-refractivity contribution is 5.08. The average Bonchev–Trinajstić information content (AvgIpc) is 2.49. The summed E-state index contributed by atoms with van der Waals surface area (Å²) in [7, 11) is 0. The number of rotatable bonds is 4. The lowest BCUT2D eigenvalue weighted by Gasteiger charge is -2.39. The maximum atomic E-state index is 5.83. The molecular weight excluding hydrogens is 274 g/mol. The van der Waals surface area contributed by atoms with Crippen LogP contribution in [0, 0.1) is 5.92 Å². The number of ether oxygens (including phenoxy) is 1. The highest BCUT2D eigenvalue weighted by Crippen LogP contribution is 2.21. The summed E-state index contributed by atoms with van der Waals surface area (Å²) >= 11 is 0. The molecule has 1 aromatic heterocycles. The fraction of sp³-hybridized carbons (Fsp3) is 0.722. The third kappa shape index (κ3) is 4.51. The fourth-order valence-electron chi connectivity index (χ4n) is 3.88. The van der Waals surface area contributed by atoms with Crippen molar-refractivity contribution in [2.24, 2.45) is 5.92 Å². The number of aromatic nitrogens is 1. The van der Waals surface area contributed by atoms with Gasteiger partial charge in [0.05, 0.1) is 12.2 Å². The predicted molar refractivity (Wildman–Crippen MR) is 88.7 cm³/mol. The van der Waals surface area contributed by atoms with E-state index in [0.717, 1.165) is 25.6 Å². The van der Waals surface area contributed by atoms with E-state index in [0.29, 0.717) is 12.2 Å². The zero-order chi connectivity index (χ0) is 15.4. The van der Waals surface area contributed by atoms with Gasteiger partial charge in [0.15, 0.2) is 0 Å². The summed E-state index contributed by atoms with van der Waals surface area (Å²) in [6, 6.07) is 4.21. The minimum atomic E-state index is 0.384. The zero-order valence-electron chi connectivity index (χ0n) is 13.9. The van der Waals surface area contributed by atoms with Gasteiger partial charge in [0.25, 0.3) is 0 Å². The van der Waals surface area contributed by atoms with Crippen LogP contribution in [-0.2, 0) is 11.3 Å². The van der Waals surface area contributed by atoms with E-state index in [2.05, 4.69) is 34.7 Å². The Kier molecular flexibility index (Phi) is 5.45. The number of pyridine rings is 1. The first-order valence-corrected chi connectivity index (χ1v) is 8.68. The van der Waals surface area contributed by atoms with Gasteiger partial charge in [-0.25, -0.2) is 0 Å². The van der Waals surface area contributed by atoms with E-state index in [4.69, 9.17) is 4.74 Å². The Balaban J connectivity index is 1.42. The van der Waals surface area contributed by atoms with Crippen LogP contribution in [0.2, 0.25) is 0 Å². The Morgan fingerprint density at radius 2 is 1.86 bits per heavy atom. The van der Waals surface area contributed by atoms with Crippen molar-refractivity contribution in [1.29, 1.82) is 0 Å². The zero-order valence-corrected chi connectivity index (χ0v) is 13.9. The average molecular weight is 303 g/mol. The Morgan fingerprint density at radius 3 is 2.50 bits per heavy atom. The van der Waals surface area contributed by atoms with Crippen LogP contribution in [0.25, 0.3) is 0 Å². The molecule has 3 heterocycles. The van der Waals surface area contributed by atoms with E-state index in [9.17, 15) is 0 Å². The summed E-state index contributed by atoms with van der Waals surface area (Å²) < 4.78 is 5.83. The van der Waals surface area contributed by atoms with Gasteiger partial charge in [-0.3, -0.25) is 14.8 Å². The van der Waals surface area contributed by atoms with Gasteiger partial charge in [0, 0.05) is 38.6 Å². The van der Waals surface area contributed by atoms with Crippen molar-refractivity contribution in [3.05, 3.63) is 30.1 Å². The summed E-state index contributed by atoms with van der Waals surface area (Å²) in [6.07, 6.45) is 7.24. The first-order valence-electron chi connectivity index (χ1n) is 8.68. The molecule has 0 radical (unpaired) electrons. The highest BCUT2D eigenvalue weighted by atomic mass is 16.5. The van der Waals surface area contributed by atoms with Crippen molar-refractivity contribution in [2.75, 3.05) is 32.7 Å². The standard InChI is InChI=1S/C18H29N3O/c1-15-11-21(12-16(2)22-15)13-17-5-8-20(9-6-17)14-18-4-3-7-19-10-18/h3-4,7,10,15-17H,5-6,8-9,11-14H2,1-2H3/t15-,16+. The molecule has 0 saturated carbocycles. The van der Waals surface area contributed by atoms with E-state index in [1.165, 1.54) is 38.0 Å². The first-order chi connectivity index (χ1) is 10.7. The van der Waals surface area contributed by atoms with Crippen LogP contribution < -0.4 is 0 Å². The van der Waals surface area contributed by atoms with Gasteiger partial charge >= 0.3 is 0 Å². The SMILES string of the molecule is C[C@@H]1CN(CC2CCN(Cc3cccnc3)CC2)C[C@H](C)O1. The molecule has 2 fully saturated rings. The molecule has 0 N–H and O–H groups in total. The van der Waals surface area contributed by atoms with Gasteiger partial charge < -0.3 is 4.74 Å². The van der Waals surface area contributed by atoms with Gasteiger partial charge in [-0.15, -0.1) is 0 Å². The van der Waals surface area contributed by atoms with Crippen LogP contribution in [0.5, 0.6) is 0 Å². The summed E-state index contributed by atoms with van der Waals surface area (Å²) in [5.74, 6) is 0.850. The minimum Gasteiger partial charge on any atom is -0.373 e. The van der Waals surface area contributed by atoms with E-state index >= 15 is 0 Å². The molecule has 1 aromatic rings. The van der Waals surface area contributed by atoms with Crippen molar-refractivity contribution >= 4 is 0 Å². The molecular formula is C18H29N3O. The molecule has 2 atom stereocenters.